The van der Waals surface area contributed by atoms with E-state index >= 15 is 0 Å². The van der Waals surface area contributed by atoms with E-state index in [1.54, 1.807) is 31.4 Å². The lowest BCUT2D eigenvalue weighted by molar-refractivity contribution is -0.135. The second kappa shape index (κ2) is 9.58. The Kier molecular flexibility index (Phi) is 7.17. The van der Waals surface area contributed by atoms with Gasteiger partial charge in [0.1, 0.15) is 5.75 Å². The number of carbonyl (C=O) groups is 2. The normalized spacial score (nSPS) is 11.5. The molecule has 6 nitrogen and oxygen atoms in total. The van der Waals surface area contributed by atoms with Crippen molar-refractivity contribution in [3.05, 3.63) is 60.2 Å². The number of likely N-dealkylation sites (N-methyl/N-ethyl adjacent to an activating group) is 1. The molecule has 0 fully saturated rings. The molecule has 0 aliphatic rings. The van der Waals surface area contributed by atoms with Crippen LogP contribution in [-0.4, -0.2) is 43.5 Å². The minimum absolute atomic E-state index is 0.0319. The van der Waals surface area contributed by atoms with E-state index in [-0.39, 0.29) is 24.9 Å². The molecule has 2 aromatic carbocycles. The largest absolute Gasteiger partial charge is 0.497 e. The molecule has 3 N–H and O–H groups in total. The van der Waals surface area contributed by atoms with Gasteiger partial charge in [-0.15, -0.1) is 0 Å². The Balaban J connectivity index is 2.04. The molecule has 0 aliphatic carbocycles. The smallest absolute Gasteiger partial charge is 0.243 e. The highest BCUT2D eigenvalue weighted by atomic mass is 16.5. The van der Waals surface area contributed by atoms with Gasteiger partial charge in [-0.3, -0.25) is 9.59 Å². The van der Waals surface area contributed by atoms with Gasteiger partial charge in [0.15, 0.2) is 0 Å². The van der Waals surface area contributed by atoms with Crippen molar-refractivity contribution in [2.45, 2.75) is 12.8 Å². The first-order chi connectivity index (χ1) is 12.6. The van der Waals surface area contributed by atoms with E-state index in [1.807, 2.05) is 37.3 Å². The third kappa shape index (κ3) is 5.07. The number of rotatable bonds is 8. The lowest BCUT2D eigenvalue weighted by Gasteiger charge is -2.25. The molecule has 2 aromatic rings. The van der Waals surface area contributed by atoms with Crippen molar-refractivity contribution >= 4 is 17.5 Å². The molecule has 1 unspecified atom stereocenters. The molecule has 0 aliphatic heterocycles. The fraction of sp³-hybridized carbons (Fsp3) is 0.300. The number of hydrogen-bond donors (Lipinski definition) is 2. The summed E-state index contributed by atoms with van der Waals surface area (Å²) in [6, 6.07) is 16.5. The molecular formula is C20H25N3O3. The minimum atomic E-state index is -0.458. The van der Waals surface area contributed by atoms with E-state index in [0.29, 0.717) is 18.0 Å². The fourth-order valence-electron chi connectivity index (χ4n) is 2.71. The SMILES string of the molecule is CCN(CC(=O)Nc1cccc(OC)c1)C(=O)C(CN)c1ccccc1. The maximum atomic E-state index is 12.8. The summed E-state index contributed by atoms with van der Waals surface area (Å²) in [6.45, 7) is 2.43. The van der Waals surface area contributed by atoms with E-state index in [0.717, 1.165) is 5.56 Å². The maximum Gasteiger partial charge on any atom is 0.243 e. The number of nitrogens with two attached hydrogens (primary N) is 1. The third-order valence-electron chi connectivity index (χ3n) is 4.12. The predicted molar refractivity (Wildman–Crippen MR) is 102 cm³/mol. The lowest BCUT2D eigenvalue weighted by Crippen LogP contribution is -2.42. The second-order valence-electron chi connectivity index (χ2n) is 5.83. The highest BCUT2D eigenvalue weighted by molar-refractivity contribution is 5.95. The Labute approximate surface area is 153 Å². The van der Waals surface area contributed by atoms with Gasteiger partial charge in [0, 0.05) is 24.8 Å². The van der Waals surface area contributed by atoms with Crippen molar-refractivity contribution in [2.75, 3.05) is 32.1 Å². The topological polar surface area (TPSA) is 84.7 Å². The quantitative estimate of drug-likeness (QED) is 0.760. The first-order valence-electron chi connectivity index (χ1n) is 8.56. The van der Waals surface area contributed by atoms with Gasteiger partial charge in [-0.1, -0.05) is 36.4 Å². The van der Waals surface area contributed by atoms with E-state index in [4.69, 9.17) is 10.5 Å². The van der Waals surface area contributed by atoms with Crippen LogP contribution in [0.4, 0.5) is 5.69 Å². The average Bonchev–Trinajstić information content (AvgIpc) is 2.67. The molecule has 6 heteroatoms. The van der Waals surface area contributed by atoms with Gasteiger partial charge in [-0.05, 0) is 24.6 Å². The number of nitrogens with zero attached hydrogens (tertiary/aromatic N) is 1. The Morgan fingerprint density at radius 2 is 1.88 bits per heavy atom. The van der Waals surface area contributed by atoms with Crippen LogP contribution in [0.25, 0.3) is 0 Å². The summed E-state index contributed by atoms with van der Waals surface area (Å²) in [5, 5.41) is 2.79. The van der Waals surface area contributed by atoms with Crippen LogP contribution in [0.5, 0.6) is 5.75 Å². The monoisotopic (exact) mass is 355 g/mol. The summed E-state index contributed by atoms with van der Waals surface area (Å²) in [5.41, 5.74) is 7.30. The summed E-state index contributed by atoms with van der Waals surface area (Å²) in [5.74, 6) is -0.224. The number of amides is 2. The Hall–Kier alpha value is -2.86. The van der Waals surface area contributed by atoms with Gasteiger partial charge in [0.25, 0.3) is 0 Å². The lowest BCUT2D eigenvalue weighted by atomic mass is 9.97. The standard InChI is InChI=1S/C20H25N3O3/c1-3-23(20(25)18(13-21)15-8-5-4-6-9-15)14-19(24)22-16-10-7-11-17(12-16)26-2/h4-12,18H,3,13-14,21H2,1-2H3,(H,22,24). The zero-order valence-electron chi connectivity index (χ0n) is 15.1. The molecule has 0 saturated heterocycles. The van der Waals surface area contributed by atoms with Gasteiger partial charge in [0.2, 0.25) is 11.8 Å². The zero-order chi connectivity index (χ0) is 18.9. The van der Waals surface area contributed by atoms with Crippen LogP contribution in [0, 0.1) is 0 Å². The van der Waals surface area contributed by atoms with Crippen LogP contribution < -0.4 is 15.8 Å². The zero-order valence-corrected chi connectivity index (χ0v) is 15.1. The molecule has 0 aromatic heterocycles. The van der Waals surface area contributed by atoms with Gasteiger partial charge in [-0.25, -0.2) is 0 Å². The molecule has 138 valence electrons. The highest BCUT2D eigenvalue weighted by Gasteiger charge is 2.25. The van der Waals surface area contributed by atoms with Crippen LogP contribution in [0.15, 0.2) is 54.6 Å². The second-order valence-corrected chi connectivity index (χ2v) is 5.83. The number of ether oxygens (including phenoxy) is 1. The van der Waals surface area contributed by atoms with Crippen molar-refractivity contribution in [3.63, 3.8) is 0 Å². The molecule has 26 heavy (non-hydrogen) atoms. The molecule has 1 atom stereocenters. The number of methoxy groups -OCH3 is 1. The average molecular weight is 355 g/mol. The molecular weight excluding hydrogens is 330 g/mol. The van der Waals surface area contributed by atoms with Crippen LogP contribution in [0.2, 0.25) is 0 Å². The molecule has 2 rings (SSSR count). The summed E-state index contributed by atoms with van der Waals surface area (Å²) >= 11 is 0. The van der Waals surface area contributed by atoms with Crippen molar-refractivity contribution in [2.24, 2.45) is 5.73 Å². The molecule has 0 saturated carbocycles. The number of anilines is 1. The summed E-state index contributed by atoms with van der Waals surface area (Å²) in [4.78, 5) is 26.7. The van der Waals surface area contributed by atoms with Gasteiger partial charge >= 0.3 is 0 Å². The van der Waals surface area contributed by atoms with Crippen molar-refractivity contribution in [3.8, 4) is 5.75 Å². The highest BCUT2D eigenvalue weighted by Crippen LogP contribution is 2.19. The summed E-state index contributed by atoms with van der Waals surface area (Å²) in [6.07, 6.45) is 0. The first-order valence-corrected chi connectivity index (χ1v) is 8.56. The van der Waals surface area contributed by atoms with Crippen molar-refractivity contribution in [1.29, 1.82) is 0 Å². The van der Waals surface area contributed by atoms with E-state index in [2.05, 4.69) is 5.32 Å². The van der Waals surface area contributed by atoms with Crippen LogP contribution in [-0.2, 0) is 9.59 Å². The number of hydrogen-bond acceptors (Lipinski definition) is 4. The van der Waals surface area contributed by atoms with Crippen LogP contribution >= 0.6 is 0 Å². The van der Waals surface area contributed by atoms with E-state index < -0.39 is 5.92 Å². The van der Waals surface area contributed by atoms with Gasteiger partial charge in [-0.2, -0.15) is 0 Å². The van der Waals surface area contributed by atoms with Crippen LogP contribution in [0.3, 0.4) is 0 Å². The van der Waals surface area contributed by atoms with Crippen molar-refractivity contribution < 1.29 is 14.3 Å². The summed E-state index contributed by atoms with van der Waals surface area (Å²) in [7, 11) is 1.56. The Bertz CT molecular complexity index is 734. The Morgan fingerprint density at radius 3 is 2.50 bits per heavy atom. The number of nitrogens with one attached hydrogen (secondary N) is 1. The van der Waals surface area contributed by atoms with E-state index in [1.165, 1.54) is 4.90 Å². The van der Waals surface area contributed by atoms with Gasteiger partial charge in [0.05, 0.1) is 19.6 Å². The van der Waals surface area contributed by atoms with E-state index in [9.17, 15) is 9.59 Å². The van der Waals surface area contributed by atoms with Crippen molar-refractivity contribution in [1.82, 2.24) is 4.90 Å². The number of carbonyl (C=O) groups excluding carboxylic acids is 2. The fourth-order valence-corrected chi connectivity index (χ4v) is 2.71. The molecule has 0 radical (unpaired) electrons. The maximum absolute atomic E-state index is 12.8. The third-order valence-corrected chi connectivity index (χ3v) is 4.12. The molecule has 0 spiro atoms. The van der Waals surface area contributed by atoms with Gasteiger partial charge < -0.3 is 20.7 Å². The predicted octanol–water partition coefficient (Wildman–Crippen LogP) is 2.22. The number of benzene rings is 2. The molecule has 0 bridgehead atoms. The summed E-state index contributed by atoms with van der Waals surface area (Å²) < 4.78 is 5.14. The Morgan fingerprint density at radius 1 is 1.15 bits per heavy atom. The molecule has 2 amide bonds. The minimum Gasteiger partial charge on any atom is -0.497 e. The van der Waals surface area contributed by atoms with Crippen LogP contribution in [0.1, 0.15) is 18.4 Å². The first kappa shape index (κ1) is 19.5. The molecule has 0 heterocycles.